The first-order chi connectivity index (χ1) is 8.26. The SMILES string of the molecule is CCN(CCCC(N)=NO)Cc1ccccn1. The molecule has 0 aromatic carbocycles. The molecule has 1 aromatic heterocycles. The molecule has 0 radical (unpaired) electrons. The number of nitrogens with zero attached hydrogens (tertiary/aromatic N) is 3. The highest BCUT2D eigenvalue weighted by Gasteiger charge is 2.04. The molecule has 94 valence electrons. The molecule has 0 bridgehead atoms. The predicted octanol–water partition coefficient (Wildman–Crippen LogP) is 1.43. The molecule has 1 rings (SSSR count). The Morgan fingerprint density at radius 3 is 2.94 bits per heavy atom. The number of hydrogen-bond donors (Lipinski definition) is 2. The molecule has 1 heterocycles. The van der Waals surface area contributed by atoms with Gasteiger partial charge in [0.25, 0.3) is 0 Å². The molecule has 0 aliphatic carbocycles. The van der Waals surface area contributed by atoms with Crippen molar-refractivity contribution in [3.63, 3.8) is 0 Å². The van der Waals surface area contributed by atoms with Gasteiger partial charge in [-0.15, -0.1) is 0 Å². The highest BCUT2D eigenvalue weighted by atomic mass is 16.4. The summed E-state index contributed by atoms with van der Waals surface area (Å²) in [6.07, 6.45) is 3.31. The van der Waals surface area contributed by atoms with E-state index in [1.807, 2.05) is 18.2 Å². The van der Waals surface area contributed by atoms with E-state index in [1.54, 1.807) is 6.20 Å². The number of oxime groups is 1. The zero-order chi connectivity index (χ0) is 12.5. The summed E-state index contributed by atoms with van der Waals surface area (Å²) >= 11 is 0. The lowest BCUT2D eigenvalue weighted by Crippen LogP contribution is -2.25. The number of amidine groups is 1. The molecular weight excluding hydrogens is 216 g/mol. The minimum absolute atomic E-state index is 0.291. The van der Waals surface area contributed by atoms with Crippen molar-refractivity contribution < 1.29 is 5.21 Å². The second-order valence-electron chi connectivity index (χ2n) is 3.88. The van der Waals surface area contributed by atoms with Gasteiger partial charge in [-0.25, -0.2) is 0 Å². The average molecular weight is 236 g/mol. The zero-order valence-corrected chi connectivity index (χ0v) is 10.2. The second kappa shape index (κ2) is 7.62. The van der Waals surface area contributed by atoms with E-state index < -0.39 is 0 Å². The summed E-state index contributed by atoms with van der Waals surface area (Å²) in [5.74, 6) is 0.291. The monoisotopic (exact) mass is 236 g/mol. The van der Waals surface area contributed by atoms with Crippen molar-refractivity contribution in [1.29, 1.82) is 0 Å². The van der Waals surface area contributed by atoms with Crippen molar-refractivity contribution in [3.05, 3.63) is 30.1 Å². The molecule has 0 atom stereocenters. The molecule has 0 aliphatic rings. The topological polar surface area (TPSA) is 74.7 Å². The van der Waals surface area contributed by atoms with Gasteiger partial charge < -0.3 is 10.9 Å². The first kappa shape index (κ1) is 13.4. The van der Waals surface area contributed by atoms with Crippen LogP contribution in [0.5, 0.6) is 0 Å². The molecule has 0 unspecified atom stereocenters. The van der Waals surface area contributed by atoms with E-state index in [2.05, 4.69) is 22.0 Å². The largest absolute Gasteiger partial charge is 0.409 e. The lowest BCUT2D eigenvalue weighted by molar-refractivity contribution is 0.273. The summed E-state index contributed by atoms with van der Waals surface area (Å²) in [5.41, 5.74) is 6.49. The normalized spacial score (nSPS) is 12.0. The fourth-order valence-corrected chi connectivity index (χ4v) is 1.60. The van der Waals surface area contributed by atoms with Gasteiger partial charge in [0.05, 0.1) is 5.69 Å². The van der Waals surface area contributed by atoms with Gasteiger partial charge in [-0.05, 0) is 31.6 Å². The van der Waals surface area contributed by atoms with Crippen LogP contribution in [0.2, 0.25) is 0 Å². The fraction of sp³-hybridized carbons (Fsp3) is 0.500. The van der Waals surface area contributed by atoms with E-state index in [1.165, 1.54) is 0 Å². The van der Waals surface area contributed by atoms with Crippen LogP contribution in [0.15, 0.2) is 29.6 Å². The molecular formula is C12H20N4O. The van der Waals surface area contributed by atoms with Crippen molar-refractivity contribution >= 4 is 5.84 Å². The van der Waals surface area contributed by atoms with E-state index in [0.717, 1.165) is 31.7 Å². The van der Waals surface area contributed by atoms with Gasteiger partial charge in [-0.1, -0.05) is 18.1 Å². The van der Waals surface area contributed by atoms with Gasteiger partial charge in [0.2, 0.25) is 0 Å². The Labute approximate surface area is 102 Å². The van der Waals surface area contributed by atoms with Crippen LogP contribution >= 0.6 is 0 Å². The Hall–Kier alpha value is -1.62. The van der Waals surface area contributed by atoms with Gasteiger partial charge in [-0.3, -0.25) is 9.88 Å². The Balaban J connectivity index is 2.34. The van der Waals surface area contributed by atoms with Crippen molar-refractivity contribution in [2.75, 3.05) is 13.1 Å². The maximum atomic E-state index is 8.43. The lowest BCUT2D eigenvalue weighted by Gasteiger charge is -2.19. The van der Waals surface area contributed by atoms with Crippen molar-refractivity contribution in [1.82, 2.24) is 9.88 Å². The van der Waals surface area contributed by atoms with Gasteiger partial charge in [0, 0.05) is 19.2 Å². The second-order valence-corrected chi connectivity index (χ2v) is 3.88. The predicted molar refractivity (Wildman–Crippen MR) is 67.8 cm³/mol. The minimum Gasteiger partial charge on any atom is -0.409 e. The Morgan fingerprint density at radius 2 is 2.35 bits per heavy atom. The van der Waals surface area contributed by atoms with Gasteiger partial charge in [-0.2, -0.15) is 0 Å². The molecule has 0 amide bonds. The van der Waals surface area contributed by atoms with Crippen LogP contribution in [0.4, 0.5) is 0 Å². The first-order valence-corrected chi connectivity index (χ1v) is 5.85. The van der Waals surface area contributed by atoms with Crippen LogP contribution in [0.3, 0.4) is 0 Å². The third kappa shape index (κ3) is 5.31. The van der Waals surface area contributed by atoms with Gasteiger partial charge in [0.1, 0.15) is 5.84 Å². The summed E-state index contributed by atoms with van der Waals surface area (Å²) in [6, 6.07) is 5.93. The standard InChI is InChI=1S/C12H20N4O/c1-2-16(9-5-7-12(13)15-17)10-11-6-3-4-8-14-11/h3-4,6,8,17H,2,5,7,9-10H2,1H3,(H2,13,15). The fourth-order valence-electron chi connectivity index (χ4n) is 1.60. The van der Waals surface area contributed by atoms with E-state index in [9.17, 15) is 0 Å². The van der Waals surface area contributed by atoms with Crippen LogP contribution in [-0.4, -0.2) is 34.0 Å². The zero-order valence-electron chi connectivity index (χ0n) is 10.2. The van der Waals surface area contributed by atoms with E-state index in [0.29, 0.717) is 12.3 Å². The maximum Gasteiger partial charge on any atom is 0.139 e. The van der Waals surface area contributed by atoms with Gasteiger partial charge in [0.15, 0.2) is 0 Å². The Kier molecular flexibility index (Phi) is 6.03. The number of rotatable bonds is 7. The third-order valence-electron chi connectivity index (χ3n) is 2.59. The van der Waals surface area contributed by atoms with Crippen molar-refractivity contribution in [2.24, 2.45) is 10.9 Å². The molecule has 0 fully saturated rings. The first-order valence-electron chi connectivity index (χ1n) is 5.85. The van der Waals surface area contributed by atoms with Crippen molar-refractivity contribution in [3.8, 4) is 0 Å². The van der Waals surface area contributed by atoms with Crippen LogP contribution in [0.1, 0.15) is 25.5 Å². The van der Waals surface area contributed by atoms with Crippen LogP contribution in [-0.2, 0) is 6.54 Å². The molecule has 0 spiro atoms. The van der Waals surface area contributed by atoms with Crippen LogP contribution < -0.4 is 5.73 Å². The molecule has 0 saturated carbocycles. The molecule has 17 heavy (non-hydrogen) atoms. The van der Waals surface area contributed by atoms with Crippen LogP contribution in [0, 0.1) is 0 Å². The van der Waals surface area contributed by atoms with E-state index in [4.69, 9.17) is 10.9 Å². The summed E-state index contributed by atoms with van der Waals surface area (Å²) in [4.78, 5) is 6.58. The molecule has 0 aliphatic heterocycles. The lowest BCUT2D eigenvalue weighted by atomic mass is 10.2. The summed E-state index contributed by atoms with van der Waals surface area (Å²) in [7, 11) is 0. The minimum atomic E-state index is 0.291. The number of nitrogens with two attached hydrogens (primary N) is 1. The Bertz CT molecular complexity index is 340. The molecule has 5 heteroatoms. The molecule has 5 nitrogen and oxygen atoms in total. The number of hydrogen-bond acceptors (Lipinski definition) is 4. The highest BCUT2D eigenvalue weighted by Crippen LogP contribution is 2.02. The van der Waals surface area contributed by atoms with Crippen molar-refractivity contribution in [2.45, 2.75) is 26.3 Å². The number of pyridine rings is 1. The molecule has 1 aromatic rings. The quantitative estimate of drug-likeness (QED) is 0.325. The third-order valence-corrected chi connectivity index (χ3v) is 2.59. The smallest absolute Gasteiger partial charge is 0.139 e. The summed E-state index contributed by atoms with van der Waals surface area (Å²) < 4.78 is 0. The molecule has 3 N–H and O–H groups in total. The Morgan fingerprint density at radius 1 is 1.53 bits per heavy atom. The maximum absolute atomic E-state index is 8.43. The van der Waals surface area contributed by atoms with Crippen LogP contribution in [0.25, 0.3) is 0 Å². The number of aromatic nitrogens is 1. The van der Waals surface area contributed by atoms with Gasteiger partial charge >= 0.3 is 0 Å². The summed E-state index contributed by atoms with van der Waals surface area (Å²) in [5, 5.41) is 11.4. The van der Waals surface area contributed by atoms with E-state index >= 15 is 0 Å². The summed E-state index contributed by atoms with van der Waals surface area (Å²) in [6.45, 7) is 4.84. The van der Waals surface area contributed by atoms with E-state index in [-0.39, 0.29) is 0 Å². The average Bonchev–Trinajstić information content (AvgIpc) is 2.38. The molecule has 0 saturated heterocycles. The highest BCUT2D eigenvalue weighted by molar-refractivity contribution is 5.79.